The van der Waals surface area contributed by atoms with Crippen molar-refractivity contribution in [2.45, 2.75) is 12.2 Å². The van der Waals surface area contributed by atoms with Gasteiger partial charge in [-0.3, -0.25) is 0 Å². The number of hydrogen-bond donors (Lipinski definition) is 1. The molecule has 0 amide bonds. The van der Waals surface area contributed by atoms with Crippen LogP contribution in [0, 0.1) is 0 Å². The summed E-state index contributed by atoms with van der Waals surface area (Å²) in [4.78, 5) is 0. The van der Waals surface area contributed by atoms with Gasteiger partial charge in [-0.1, -0.05) is 41.9 Å². The Kier molecular flexibility index (Phi) is 3.83. The van der Waals surface area contributed by atoms with Crippen molar-refractivity contribution >= 4 is 11.6 Å². The third kappa shape index (κ3) is 3.08. The molecular weight excluding hydrogens is 275 g/mol. The van der Waals surface area contributed by atoms with Gasteiger partial charge in [-0.25, -0.2) is 0 Å². The molecule has 0 aliphatic heterocycles. The first-order valence-corrected chi connectivity index (χ1v) is 5.94. The van der Waals surface area contributed by atoms with Crippen LogP contribution in [0.15, 0.2) is 48.5 Å². The second-order valence-corrected chi connectivity index (χ2v) is 4.55. The fourth-order valence-corrected chi connectivity index (χ4v) is 2.07. The minimum Gasteiger partial charge on any atom is -0.320 e. The molecular formula is C14H11ClF3N. The SMILES string of the molecule is NC(c1ccccc1)c1cc(Cl)ccc1C(F)(F)F. The normalized spacial score (nSPS) is 13.3. The molecule has 1 unspecified atom stereocenters. The lowest BCUT2D eigenvalue weighted by Gasteiger charge is -2.19. The van der Waals surface area contributed by atoms with Crippen molar-refractivity contribution < 1.29 is 13.2 Å². The highest BCUT2D eigenvalue weighted by molar-refractivity contribution is 6.30. The topological polar surface area (TPSA) is 26.0 Å². The summed E-state index contributed by atoms with van der Waals surface area (Å²) in [6.07, 6.45) is -4.45. The zero-order valence-electron chi connectivity index (χ0n) is 9.79. The van der Waals surface area contributed by atoms with E-state index in [2.05, 4.69) is 0 Å². The van der Waals surface area contributed by atoms with Crippen molar-refractivity contribution in [2.24, 2.45) is 5.73 Å². The highest BCUT2D eigenvalue weighted by atomic mass is 35.5. The molecule has 2 N–H and O–H groups in total. The van der Waals surface area contributed by atoms with E-state index in [4.69, 9.17) is 17.3 Å². The molecule has 0 saturated heterocycles. The van der Waals surface area contributed by atoms with Crippen molar-refractivity contribution in [1.82, 2.24) is 0 Å². The van der Waals surface area contributed by atoms with E-state index in [0.29, 0.717) is 5.56 Å². The van der Waals surface area contributed by atoms with E-state index in [9.17, 15) is 13.2 Å². The summed E-state index contributed by atoms with van der Waals surface area (Å²) >= 11 is 5.78. The largest absolute Gasteiger partial charge is 0.416 e. The molecule has 2 aromatic carbocycles. The van der Waals surface area contributed by atoms with Crippen molar-refractivity contribution in [2.75, 3.05) is 0 Å². The fourth-order valence-electron chi connectivity index (χ4n) is 1.89. The molecule has 0 saturated carbocycles. The third-order valence-corrected chi connectivity index (χ3v) is 3.05. The van der Waals surface area contributed by atoms with Crippen molar-refractivity contribution in [3.63, 3.8) is 0 Å². The van der Waals surface area contributed by atoms with E-state index >= 15 is 0 Å². The van der Waals surface area contributed by atoms with Crippen LogP contribution in [0.5, 0.6) is 0 Å². The lowest BCUT2D eigenvalue weighted by molar-refractivity contribution is -0.138. The summed E-state index contributed by atoms with van der Waals surface area (Å²) in [6, 6.07) is 11.2. The van der Waals surface area contributed by atoms with Crippen LogP contribution in [-0.4, -0.2) is 0 Å². The summed E-state index contributed by atoms with van der Waals surface area (Å²) in [6.45, 7) is 0. The molecule has 0 spiro atoms. The van der Waals surface area contributed by atoms with Crippen LogP contribution in [0.1, 0.15) is 22.7 Å². The second kappa shape index (κ2) is 5.23. The van der Waals surface area contributed by atoms with Crippen LogP contribution in [0.3, 0.4) is 0 Å². The monoisotopic (exact) mass is 285 g/mol. The Morgan fingerprint density at radius 2 is 1.63 bits per heavy atom. The summed E-state index contributed by atoms with van der Waals surface area (Å²) in [7, 11) is 0. The third-order valence-electron chi connectivity index (χ3n) is 2.81. The fraction of sp³-hybridized carbons (Fsp3) is 0.143. The van der Waals surface area contributed by atoms with E-state index in [-0.39, 0.29) is 10.6 Å². The van der Waals surface area contributed by atoms with Gasteiger partial charge in [0.1, 0.15) is 0 Å². The van der Waals surface area contributed by atoms with Crippen LogP contribution in [0.4, 0.5) is 13.2 Å². The molecule has 19 heavy (non-hydrogen) atoms. The van der Waals surface area contributed by atoms with Gasteiger partial charge in [-0.15, -0.1) is 0 Å². The standard InChI is InChI=1S/C14H11ClF3N/c15-10-6-7-12(14(16,17)18)11(8-10)13(19)9-4-2-1-3-5-9/h1-8,13H,19H2. The van der Waals surface area contributed by atoms with Crippen LogP contribution >= 0.6 is 11.6 Å². The Morgan fingerprint density at radius 1 is 1.00 bits per heavy atom. The molecule has 0 fully saturated rings. The van der Waals surface area contributed by atoms with Gasteiger partial charge in [-0.05, 0) is 29.3 Å². The van der Waals surface area contributed by atoms with Gasteiger partial charge in [0.15, 0.2) is 0 Å². The van der Waals surface area contributed by atoms with Crippen LogP contribution in [-0.2, 0) is 6.18 Å². The number of rotatable bonds is 2. The van der Waals surface area contributed by atoms with E-state index in [1.165, 1.54) is 12.1 Å². The van der Waals surface area contributed by atoms with E-state index < -0.39 is 17.8 Å². The molecule has 0 aliphatic carbocycles. The number of alkyl halides is 3. The average Bonchev–Trinajstić information content (AvgIpc) is 2.37. The molecule has 1 atom stereocenters. The molecule has 1 nitrogen and oxygen atoms in total. The van der Waals surface area contributed by atoms with E-state index in [1.807, 2.05) is 0 Å². The predicted molar refractivity (Wildman–Crippen MR) is 68.9 cm³/mol. The summed E-state index contributed by atoms with van der Waals surface area (Å²) in [5.41, 5.74) is 5.75. The Hall–Kier alpha value is -1.52. The summed E-state index contributed by atoms with van der Waals surface area (Å²) < 4.78 is 38.9. The minimum atomic E-state index is -4.45. The maximum Gasteiger partial charge on any atom is 0.416 e. The highest BCUT2D eigenvalue weighted by Gasteiger charge is 2.34. The van der Waals surface area contributed by atoms with Gasteiger partial charge in [0.05, 0.1) is 11.6 Å². The Bertz CT molecular complexity index is 567. The van der Waals surface area contributed by atoms with Crippen LogP contribution in [0.25, 0.3) is 0 Å². The quantitative estimate of drug-likeness (QED) is 0.869. The van der Waals surface area contributed by atoms with Crippen LogP contribution < -0.4 is 5.73 Å². The van der Waals surface area contributed by atoms with Gasteiger partial charge in [-0.2, -0.15) is 13.2 Å². The molecule has 2 rings (SSSR count). The molecule has 100 valence electrons. The van der Waals surface area contributed by atoms with Crippen LogP contribution in [0.2, 0.25) is 5.02 Å². The smallest absolute Gasteiger partial charge is 0.320 e. The average molecular weight is 286 g/mol. The van der Waals surface area contributed by atoms with Crippen molar-refractivity contribution in [3.8, 4) is 0 Å². The Labute approximate surface area is 113 Å². The van der Waals surface area contributed by atoms with Gasteiger partial charge in [0, 0.05) is 5.02 Å². The zero-order chi connectivity index (χ0) is 14.0. The number of hydrogen-bond acceptors (Lipinski definition) is 1. The van der Waals surface area contributed by atoms with Crippen molar-refractivity contribution in [3.05, 3.63) is 70.2 Å². The molecule has 0 heterocycles. The molecule has 0 bridgehead atoms. The highest BCUT2D eigenvalue weighted by Crippen LogP contribution is 2.37. The second-order valence-electron chi connectivity index (χ2n) is 4.12. The van der Waals surface area contributed by atoms with Gasteiger partial charge in [0.2, 0.25) is 0 Å². The maximum absolute atomic E-state index is 13.0. The van der Waals surface area contributed by atoms with Gasteiger partial charge < -0.3 is 5.73 Å². The van der Waals surface area contributed by atoms with E-state index in [1.54, 1.807) is 30.3 Å². The summed E-state index contributed by atoms with van der Waals surface area (Å²) in [5.74, 6) is 0. The molecule has 5 heteroatoms. The lowest BCUT2D eigenvalue weighted by Crippen LogP contribution is -2.18. The molecule has 2 aromatic rings. The predicted octanol–water partition coefficient (Wildman–Crippen LogP) is 4.41. The maximum atomic E-state index is 13.0. The summed E-state index contributed by atoms with van der Waals surface area (Å²) in [5, 5.41) is 0.231. The first-order valence-electron chi connectivity index (χ1n) is 5.57. The minimum absolute atomic E-state index is 0.0220. The number of nitrogens with two attached hydrogens (primary N) is 1. The Morgan fingerprint density at radius 3 is 2.21 bits per heavy atom. The van der Waals surface area contributed by atoms with Gasteiger partial charge in [0.25, 0.3) is 0 Å². The number of benzene rings is 2. The van der Waals surface area contributed by atoms with Crippen molar-refractivity contribution in [1.29, 1.82) is 0 Å². The first kappa shape index (κ1) is 13.9. The molecule has 0 aliphatic rings. The first-order chi connectivity index (χ1) is 8.89. The molecule has 0 radical (unpaired) electrons. The van der Waals surface area contributed by atoms with E-state index in [0.717, 1.165) is 6.07 Å². The number of halogens is 4. The zero-order valence-corrected chi connectivity index (χ0v) is 10.5. The molecule has 0 aromatic heterocycles. The van der Waals surface area contributed by atoms with Gasteiger partial charge >= 0.3 is 6.18 Å². The lowest BCUT2D eigenvalue weighted by atomic mass is 9.95. The Balaban J connectivity index is 2.52.